The van der Waals surface area contributed by atoms with Crippen LogP contribution in [0.4, 0.5) is 0 Å². The quantitative estimate of drug-likeness (QED) is 0.545. The number of hydrogen-bond acceptors (Lipinski definition) is 1. The molecular weight excluding hydrogens is 122 g/mol. The Bertz CT molecular complexity index is 108. The molecule has 2 N–H and O–H groups in total. The lowest BCUT2D eigenvalue weighted by Crippen LogP contribution is -2.03. The maximum Gasteiger partial charge on any atom is 0.0102 e. The number of nitrogens with two attached hydrogens (primary N) is 1. The third-order valence-electron chi connectivity index (χ3n) is 3.22. The van der Waals surface area contributed by atoms with E-state index in [0.29, 0.717) is 6.04 Å². The number of rotatable bonds is 0. The van der Waals surface area contributed by atoms with Gasteiger partial charge < -0.3 is 5.73 Å². The maximum atomic E-state index is 5.91. The van der Waals surface area contributed by atoms with Crippen LogP contribution in [0.25, 0.3) is 0 Å². The third kappa shape index (κ3) is 1.07. The molecule has 3 atom stereocenters. The molecule has 10 heavy (non-hydrogen) atoms. The Morgan fingerprint density at radius 2 is 1.30 bits per heavy atom. The Balaban J connectivity index is 1.86. The highest BCUT2D eigenvalue weighted by molar-refractivity contribution is 5.00. The Labute approximate surface area is 63.0 Å². The first-order chi connectivity index (χ1) is 4.89. The topological polar surface area (TPSA) is 26.0 Å². The van der Waals surface area contributed by atoms with Crippen molar-refractivity contribution in [2.75, 3.05) is 0 Å². The molecule has 0 saturated heterocycles. The summed E-state index contributed by atoms with van der Waals surface area (Å²) in [6.45, 7) is 0. The first-order valence-electron chi connectivity index (χ1n) is 4.65. The van der Waals surface area contributed by atoms with Gasteiger partial charge in [0.25, 0.3) is 0 Å². The summed E-state index contributed by atoms with van der Waals surface area (Å²) in [5, 5.41) is 0. The van der Waals surface area contributed by atoms with Gasteiger partial charge in [-0.15, -0.1) is 0 Å². The molecule has 58 valence electrons. The smallest absolute Gasteiger partial charge is 0.0102 e. The molecule has 2 rings (SSSR count). The van der Waals surface area contributed by atoms with E-state index in [-0.39, 0.29) is 0 Å². The van der Waals surface area contributed by atoms with Crippen LogP contribution in [0.5, 0.6) is 0 Å². The zero-order valence-corrected chi connectivity index (χ0v) is 6.55. The third-order valence-corrected chi connectivity index (χ3v) is 3.22. The van der Waals surface area contributed by atoms with E-state index in [1.54, 1.807) is 0 Å². The molecule has 0 amide bonds. The fourth-order valence-corrected chi connectivity index (χ4v) is 2.40. The van der Waals surface area contributed by atoms with Gasteiger partial charge in [-0.3, -0.25) is 0 Å². The van der Waals surface area contributed by atoms with Crippen molar-refractivity contribution in [1.82, 2.24) is 0 Å². The van der Waals surface area contributed by atoms with E-state index in [1.165, 1.54) is 38.5 Å². The van der Waals surface area contributed by atoms with Crippen LogP contribution in [0.1, 0.15) is 38.5 Å². The van der Waals surface area contributed by atoms with Crippen LogP contribution in [-0.2, 0) is 0 Å². The second kappa shape index (κ2) is 2.54. The van der Waals surface area contributed by atoms with Gasteiger partial charge in [0.05, 0.1) is 0 Å². The summed E-state index contributed by atoms with van der Waals surface area (Å²) < 4.78 is 0. The molecule has 1 unspecified atom stereocenters. The van der Waals surface area contributed by atoms with Crippen LogP contribution < -0.4 is 5.73 Å². The molecule has 0 aromatic heterocycles. The minimum absolute atomic E-state index is 0.595. The summed E-state index contributed by atoms with van der Waals surface area (Å²) in [5.74, 6) is 1.86. The molecular formula is C9H17N. The first kappa shape index (κ1) is 6.66. The Hall–Kier alpha value is -0.0400. The van der Waals surface area contributed by atoms with Gasteiger partial charge in [-0.25, -0.2) is 0 Å². The van der Waals surface area contributed by atoms with Gasteiger partial charge in [-0.05, 0) is 24.7 Å². The highest BCUT2D eigenvalue weighted by atomic mass is 14.8. The monoisotopic (exact) mass is 139 g/mol. The lowest BCUT2D eigenvalue weighted by molar-refractivity contribution is 0.485. The van der Waals surface area contributed by atoms with Gasteiger partial charge in [-0.1, -0.05) is 25.7 Å². The van der Waals surface area contributed by atoms with Crippen LogP contribution in [0.3, 0.4) is 0 Å². The van der Waals surface area contributed by atoms with E-state index in [4.69, 9.17) is 5.73 Å². The summed E-state index contributed by atoms with van der Waals surface area (Å²) >= 11 is 0. The highest BCUT2D eigenvalue weighted by Gasteiger charge is 2.45. The van der Waals surface area contributed by atoms with Crippen molar-refractivity contribution < 1.29 is 0 Å². The van der Waals surface area contributed by atoms with Crippen molar-refractivity contribution in [3.05, 3.63) is 0 Å². The fourth-order valence-electron chi connectivity index (χ4n) is 2.40. The minimum Gasteiger partial charge on any atom is -0.327 e. The molecule has 0 aromatic rings. The molecule has 2 aliphatic rings. The molecule has 0 heterocycles. The lowest BCUT2D eigenvalue weighted by Gasteiger charge is -2.04. The van der Waals surface area contributed by atoms with Crippen LogP contribution in [0.15, 0.2) is 0 Å². The summed E-state index contributed by atoms with van der Waals surface area (Å²) in [6, 6.07) is 0.595. The molecule has 2 fully saturated rings. The van der Waals surface area contributed by atoms with Gasteiger partial charge in [-0.2, -0.15) is 0 Å². The molecule has 0 radical (unpaired) electrons. The summed E-state index contributed by atoms with van der Waals surface area (Å²) in [4.78, 5) is 0. The fraction of sp³-hybridized carbons (Fsp3) is 1.00. The van der Waals surface area contributed by atoms with Gasteiger partial charge in [0.15, 0.2) is 0 Å². The predicted molar refractivity (Wildman–Crippen MR) is 42.7 cm³/mol. The SMILES string of the molecule is NC1[C@H]2CCCCCC[C@@H]12. The molecule has 0 aliphatic heterocycles. The largest absolute Gasteiger partial charge is 0.327 e. The van der Waals surface area contributed by atoms with Crippen molar-refractivity contribution in [1.29, 1.82) is 0 Å². The van der Waals surface area contributed by atoms with Crippen LogP contribution in [0.2, 0.25) is 0 Å². The van der Waals surface area contributed by atoms with E-state index in [0.717, 1.165) is 11.8 Å². The second-order valence-electron chi connectivity index (χ2n) is 3.90. The van der Waals surface area contributed by atoms with E-state index < -0.39 is 0 Å². The Morgan fingerprint density at radius 3 is 1.80 bits per heavy atom. The standard InChI is InChI=1S/C9H17N/c10-9-7-5-3-1-2-4-6-8(7)9/h7-9H,1-6,10H2/t7-,8+,9?. The van der Waals surface area contributed by atoms with Crippen molar-refractivity contribution in [3.63, 3.8) is 0 Å². The number of hydrogen-bond donors (Lipinski definition) is 1. The summed E-state index contributed by atoms with van der Waals surface area (Å²) in [6.07, 6.45) is 8.63. The van der Waals surface area contributed by atoms with Crippen molar-refractivity contribution >= 4 is 0 Å². The van der Waals surface area contributed by atoms with Gasteiger partial charge >= 0.3 is 0 Å². The Morgan fingerprint density at radius 1 is 0.800 bits per heavy atom. The van der Waals surface area contributed by atoms with E-state index >= 15 is 0 Å². The summed E-state index contributed by atoms with van der Waals surface area (Å²) in [7, 11) is 0. The molecule has 0 bridgehead atoms. The summed E-state index contributed by atoms with van der Waals surface area (Å²) in [5.41, 5.74) is 5.91. The van der Waals surface area contributed by atoms with E-state index in [9.17, 15) is 0 Å². The van der Waals surface area contributed by atoms with Crippen molar-refractivity contribution in [2.24, 2.45) is 17.6 Å². The predicted octanol–water partition coefficient (Wildman–Crippen LogP) is 1.91. The van der Waals surface area contributed by atoms with Crippen LogP contribution in [-0.4, -0.2) is 6.04 Å². The average Bonchev–Trinajstić information content (AvgIpc) is 2.39. The molecule has 1 nitrogen and oxygen atoms in total. The normalized spacial score (nSPS) is 47.1. The number of fused-ring (bicyclic) bond motifs is 1. The van der Waals surface area contributed by atoms with Gasteiger partial charge in [0, 0.05) is 6.04 Å². The van der Waals surface area contributed by atoms with Crippen LogP contribution >= 0.6 is 0 Å². The molecule has 1 heteroatoms. The maximum absolute atomic E-state index is 5.91. The van der Waals surface area contributed by atoms with E-state index in [1.807, 2.05) is 0 Å². The van der Waals surface area contributed by atoms with E-state index in [2.05, 4.69) is 0 Å². The Kier molecular flexibility index (Phi) is 1.69. The highest BCUT2D eigenvalue weighted by Crippen LogP contribution is 2.45. The lowest BCUT2D eigenvalue weighted by atomic mass is 10.0. The van der Waals surface area contributed by atoms with Crippen LogP contribution in [0, 0.1) is 11.8 Å². The molecule has 2 saturated carbocycles. The molecule has 0 aromatic carbocycles. The second-order valence-corrected chi connectivity index (χ2v) is 3.90. The molecule has 2 aliphatic carbocycles. The van der Waals surface area contributed by atoms with Crippen molar-refractivity contribution in [2.45, 2.75) is 44.6 Å². The first-order valence-corrected chi connectivity index (χ1v) is 4.65. The average molecular weight is 139 g/mol. The van der Waals surface area contributed by atoms with Crippen molar-refractivity contribution in [3.8, 4) is 0 Å². The zero-order valence-electron chi connectivity index (χ0n) is 6.55. The zero-order chi connectivity index (χ0) is 6.97. The minimum atomic E-state index is 0.595. The van der Waals surface area contributed by atoms with Gasteiger partial charge in [0.1, 0.15) is 0 Å². The van der Waals surface area contributed by atoms with Gasteiger partial charge in [0.2, 0.25) is 0 Å². The molecule has 0 spiro atoms.